The molecule has 0 aliphatic rings. The Bertz CT molecular complexity index is 517. The first-order chi connectivity index (χ1) is 7.11. The molecule has 0 aliphatic heterocycles. The molecule has 2 rings (SSSR count). The summed E-state index contributed by atoms with van der Waals surface area (Å²) in [6.45, 7) is 0. The van der Waals surface area contributed by atoms with Crippen LogP contribution in [0.4, 0.5) is 5.69 Å². The summed E-state index contributed by atoms with van der Waals surface area (Å²) in [4.78, 5) is 10.2. The first kappa shape index (κ1) is 9.66. The van der Waals surface area contributed by atoms with Crippen LogP contribution in [-0.4, -0.2) is 24.9 Å². The summed E-state index contributed by atoms with van der Waals surface area (Å²) >= 11 is 5.62. The van der Waals surface area contributed by atoms with Crippen molar-refractivity contribution in [2.75, 3.05) is 0 Å². The number of halogens is 1. The van der Waals surface area contributed by atoms with Gasteiger partial charge in [0.1, 0.15) is 0 Å². The lowest BCUT2D eigenvalue weighted by atomic mass is 10.3. The maximum atomic E-state index is 10.7. The standard InChI is InChI=1S/C7H6ClN5O2/c1-12-4(2-3-9-12)5-6(13(14)15)7(8)11-10-5/h2-3H,1H3,(H,10,11). The molecule has 0 aliphatic carbocycles. The number of hydrogen-bond acceptors (Lipinski definition) is 4. The van der Waals surface area contributed by atoms with Gasteiger partial charge in [0.2, 0.25) is 5.15 Å². The van der Waals surface area contributed by atoms with Crippen LogP contribution in [0, 0.1) is 10.1 Å². The summed E-state index contributed by atoms with van der Waals surface area (Å²) in [5.41, 5.74) is 0.482. The van der Waals surface area contributed by atoms with E-state index in [1.165, 1.54) is 10.9 Å². The van der Waals surface area contributed by atoms with E-state index in [0.29, 0.717) is 5.69 Å². The molecule has 2 aromatic rings. The van der Waals surface area contributed by atoms with Crippen LogP contribution in [0.25, 0.3) is 11.4 Å². The molecule has 0 spiro atoms. The van der Waals surface area contributed by atoms with E-state index in [0.717, 1.165) is 0 Å². The van der Waals surface area contributed by atoms with Gasteiger partial charge in [-0.15, -0.1) is 0 Å². The average molecular weight is 228 g/mol. The smallest absolute Gasteiger partial charge is 0.266 e. The molecule has 0 amide bonds. The van der Waals surface area contributed by atoms with E-state index in [-0.39, 0.29) is 16.5 Å². The van der Waals surface area contributed by atoms with Crippen LogP contribution in [0.5, 0.6) is 0 Å². The Hall–Kier alpha value is -1.89. The van der Waals surface area contributed by atoms with Gasteiger partial charge in [-0.05, 0) is 6.07 Å². The molecule has 8 heteroatoms. The second-order valence-electron chi connectivity index (χ2n) is 2.83. The zero-order valence-electron chi connectivity index (χ0n) is 7.64. The van der Waals surface area contributed by atoms with Gasteiger partial charge in [-0.25, -0.2) is 0 Å². The van der Waals surface area contributed by atoms with Crippen molar-refractivity contribution in [1.29, 1.82) is 0 Å². The van der Waals surface area contributed by atoms with Crippen LogP contribution < -0.4 is 0 Å². The maximum absolute atomic E-state index is 10.7. The maximum Gasteiger partial charge on any atom is 0.335 e. The van der Waals surface area contributed by atoms with Crippen LogP contribution in [0.1, 0.15) is 0 Å². The van der Waals surface area contributed by atoms with E-state index in [2.05, 4.69) is 15.3 Å². The number of aromatic amines is 1. The molecule has 2 aromatic heterocycles. The van der Waals surface area contributed by atoms with Gasteiger partial charge < -0.3 is 0 Å². The van der Waals surface area contributed by atoms with Gasteiger partial charge in [-0.1, -0.05) is 11.6 Å². The third kappa shape index (κ3) is 1.46. The first-order valence-electron chi connectivity index (χ1n) is 3.98. The van der Waals surface area contributed by atoms with Crippen LogP contribution in [0.3, 0.4) is 0 Å². The molecule has 2 heterocycles. The highest BCUT2D eigenvalue weighted by Crippen LogP contribution is 2.32. The molecule has 0 atom stereocenters. The van der Waals surface area contributed by atoms with Crippen molar-refractivity contribution < 1.29 is 4.92 Å². The minimum absolute atomic E-state index is 0.0869. The van der Waals surface area contributed by atoms with Crippen molar-refractivity contribution in [1.82, 2.24) is 20.0 Å². The normalized spacial score (nSPS) is 10.5. The highest BCUT2D eigenvalue weighted by atomic mass is 35.5. The molecule has 0 radical (unpaired) electrons. The molecule has 15 heavy (non-hydrogen) atoms. The van der Waals surface area contributed by atoms with Gasteiger partial charge in [0.25, 0.3) is 0 Å². The quantitative estimate of drug-likeness (QED) is 0.620. The number of nitrogens with one attached hydrogen (secondary N) is 1. The summed E-state index contributed by atoms with van der Waals surface area (Å²) in [6.07, 6.45) is 1.53. The number of hydrogen-bond donors (Lipinski definition) is 1. The predicted octanol–water partition coefficient (Wildman–Crippen LogP) is 1.37. The fraction of sp³-hybridized carbons (Fsp3) is 0.143. The molecule has 0 aromatic carbocycles. The number of aromatic nitrogens is 4. The summed E-state index contributed by atoms with van der Waals surface area (Å²) in [7, 11) is 1.67. The van der Waals surface area contributed by atoms with E-state index >= 15 is 0 Å². The Labute approximate surface area is 88.8 Å². The van der Waals surface area contributed by atoms with Crippen molar-refractivity contribution in [3.05, 3.63) is 27.5 Å². The number of rotatable bonds is 2. The van der Waals surface area contributed by atoms with Gasteiger partial charge in [-0.2, -0.15) is 10.2 Å². The van der Waals surface area contributed by atoms with Crippen LogP contribution >= 0.6 is 11.6 Å². The molecule has 0 unspecified atom stereocenters. The third-order valence-electron chi connectivity index (χ3n) is 1.94. The van der Waals surface area contributed by atoms with Crippen molar-refractivity contribution >= 4 is 17.3 Å². The Morgan fingerprint density at radius 1 is 1.67 bits per heavy atom. The average Bonchev–Trinajstić information content (AvgIpc) is 2.71. The number of nitro groups is 1. The van der Waals surface area contributed by atoms with Gasteiger partial charge in [0.05, 0.1) is 10.6 Å². The predicted molar refractivity (Wildman–Crippen MR) is 52.5 cm³/mol. The van der Waals surface area contributed by atoms with Crippen LogP contribution in [-0.2, 0) is 7.05 Å². The topological polar surface area (TPSA) is 89.6 Å². The summed E-state index contributed by atoms with van der Waals surface area (Å²) < 4.78 is 1.49. The molecule has 1 N–H and O–H groups in total. The highest BCUT2D eigenvalue weighted by molar-refractivity contribution is 6.32. The molecular weight excluding hydrogens is 222 g/mol. The largest absolute Gasteiger partial charge is 0.335 e. The second-order valence-corrected chi connectivity index (χ2v) is 3.21. The number of aryl methyl sites for hydroxylation is 1. The van der Waals surface area contributed by atoms with Crippen molar-refractivity contribution in [3.63, 3.8) is 0 Å². The number of nitrogens with zero attached hydrogens (tertiary/aromatic N) is 4. The Kier molecular flexibility index (Phi) is 2.16. The van der Waals surface area contributed by atoms with Crippen molar-refractivity contribution in [3.8, 4) is 11.4 Å². The highest BCUT2D eigenvalue weighted by Gasteiger charge is 2.25. The zero-order valence-corrected chi connectivity index (χ0v) is 8.39. The van der Waals surface area contributed by atoms with Crippen molar-refractivity contribution in [2.45, 2.75) is 0 Å². The van der Waals surface area contributed by atoms with E-state index < -0.39 is 4.92 Å². The minimum atomic E-state index is -0.575. The van der Waals surface area contributed by atoms with E-state index in [1.54, 1.807) is 13.1 Å². The molecule has 0 fully saturated rings. The monoisotopic (exact) mass is 227 g/mol. The van der Waals surface area contributed by atoms with E-state index in [1.807, 2.05) is 0 Å². The van der Waals surface area contributed by atoms with Gasteiger partial charge in [-0.3, -0.25) is 19.9 Å². The summed E-state index contributed by atoms with van der Waals surface area (Å²) in [5, 5.41) is 20.7. The fourth-order valence-corrected chi connectivity index (χ4v) is 1.47. The molecule has 0 saturated carbocycles. The van der Waals surface area contributed by atoms with Gasteiger partial charge in [0.15, 0.2) is 5.69 Å². The Morgan fingerprint density at radius 3 is 2.93 bits per heavy atom. The SMILES string of the molecule is Cn1nccc1-c1n[nH]c(Cl)c1[N+](=O)[O-]. The minimum Gasteiger partial charge on any atom is -0.266 e. The third-order valence-corrected chi connectivity index (χ3v) is 2.21. The van der Waals surface area contributed by atoms with E-state index in [4.69, 9.17) is 11.6 Å². The van der Waals surface area contributed by atoms with Crippen LogP contribution in [0.2, 0.25) is 5.15 Å². The van der Waals surface area contributed by atoms with Crippen LogP contribution in [0.15, 0.2) is 12.3 Å². The zero-order chi connectivity index (χ0) is 11.0. The molecule has 7 nitrogen and oxygen atoms in total. The molecular formula is C7H6ClN5O2. The lowest BCUT2D eigenvalue weighted by Gasteiger charge is -1.96. The summed E-state index contributed by atoms with van der Waals surface area (Å²) in [5.74, 6) is 0. The first-order valence-corrected chi connectivity index (χ1v) is 4.35. The Balaban J connectivity index is 2.64. The lowest BCUT2D eigenvalue weighted by Crippen LogP contribution is -1.96. The molecule has 0 saturated heterocycles. The Morgan fingerprint density at radius 2 is 2.40 bits per heavy atom. The molecule has 0 bridgehead atoms. The van der Waals surface area contributed by atoms with Gasteiger partial charge >= 0.3 is 5.69 Å². The summed E-state index contributed by atoms with van der Waals surface area (Å²) in [6, 6.07) is 1.62. The fourth-order valence-electron chi connectivity index (χ4n) is 1.27. The second kappa shape index (κ2) is 3.35. The van der Waals surface area contributed by atoms with E-state index in [9.17, 15) is 10.1 Å². The number of H-pyrrole nitrogens is 1. The lowest BCUT2D eigenvalue weighted by molar-refractivity contribution is -0.384. The molecule has 78 valence electrons. The van der Waals surface area contributed by atoms with Gasteiger partial charge in [0, 0.05) is 13.2 Å². The van der Waals surface area contributed by atoms with Crippen molar-refractivity contribution in [2.24, 2.45) is 7.05 Å².